The smallest absolute Gasteiger partial charge is 0.246 e. The lowest BCUT2D eigenvalue weighted by Crippen LogP contribution is -2.18. The lowest BCUT2D eigenvalue weighted by atomic mass is 10.1. The van der Waals surface area contributed by atoms with Gasteiger partial charge < -0.3 is 14.4 Å². The first-order valence-corrected chi connectivity index (χ1v) is 7.84. The summed E-state index contributed by atoms with van der Waals surface area (Å²) >= 11 is 0. The third-order valence-electron chi connectivity index (χ3n) is 3.54. The van der Waals surface area contributed by atoms with Crippen LogP contribution in [0.2, 0.25) is 0 Å². The van der Waals surface area contributed by atoms with E-state index in [1.807, 2.05) is 36.4 Å². The summed E-state index contributed by atoms with van der Waals surface area (Å²) in [5.41, 5.74) is 2.12. The van der Waals surface area contributed by atoms with Gasteiger partial charge in [-0.05, 0) is 29.3 Å². The van der Waals surface area contributed by atoms with Gasteiger partial charge in [-0.2, -0.15) is 0 Å². The molecule has 0 saturated heterocycles. The minimum atomic E-state index is -0.0582. The number of ether oxygens (including phenoxy) is 2. The Hall–Kier alpha value is -2.75. The van der Waals surface area contributed by atoms with Crippen LogP contribution in [0.3, 0.4) is 0 Å². The highest BCUT2D eigenvalue weighted by Gasteiger charge is 2.05. The maximum absolute atomic E-state index is 11.6. The summed E-state index contributed by atoms with van der Waals surface area (Å²) < 4.78 is 11.2. The van der Waals surface area contributed by atoms with Gasteiger partial charge in [0.15, 0.2) is 11.5 Å². The van der Waals surface area contributed by atoms with Crippen LogP contribution in [0.25, 0.3) is 6.08 Å². The summed E-state index contributed by atoms with van der Waals surface area (Å²) in [6.45, 7) is 0.578. The molecule has 0 fully saturated rings. The first-order valence-electron chi connectivity index (χ1n) is 7.84. The van der Waals surface area contributed by atoms with Gasteiger partial charge in [0, 0.05) is 26.6 Å². The Bertz CT molecular complexity index is 693. The van der Waals surface area contributed by atoms with E-state index in [9.17, 15) is 4.79 Å². The first kappa shape index (κ1) is 17.6. The van der Waals surface area contributed by atoms with E-state index in [1.165, 1.54) is 16.5 Å². The summed E-state index contributed by atoms with van der Waals surface area (Å²) in [5, 5.41) is 0. The lowest BCUT2D eigenvalue weighted by Gasteiger charge is -2.11. The van der Waals surface area contributed by atoms with Gasteiger partial charge >= 0.3 is 0 Å². The van der Waals surface area contributed by atoms with Gasteiger partial charge in [-0.25, -0.2) is 0 Å². The highest BCUT2D eigenvalue weighted by Crippen LogP contribution is 2.28. The minimum absolute atomic E-state index is 0.0582. The summed E-state index contributed by atoms with van der Waals surface area (Å²) in [4.78, 5) is 13.1. The third-order valence-corrected chi connectivity index (χ3v) is 3.54. The molecule has 0 aliphatic carbocycles. The SMILES string of the molecule is COc1cc(/C=C/C(=O)N(C)C)ccc1OCCc1ccccc1. The van der Waals surface area contributed by atoms with Gasteiger partial charge in [0.25, 0.3) is 0 Å². The molecule has 0 spiro atoms. The molecule has 0 unspecified atom stereocenters. The molecule has 0 heterocycles. The number of carbonyl (C=O) groups excluding carboxylic acids is 1. The van der Waals surface area contributed by atoms with Crippen molar-refractivity contribution in [2.75, 3.05) is 27.8 Å². The molecule has 4 nitrogen and oxygen atoms in total. The van der Waals surface area contributed by atoms with E-state index in [4.69, 9.17) is 9.47 Å². The fourth-order valence-corrected chi connectivity index (χ4v) is 2.15. The number of nitrogens with zero attached hydrogens (tertiary/aromatic N) is 1. The summed E-state index contributed by atoms with van der Waals surface area (Å²) in [5.74, 6) is 1.30. The van der Waals surface area contributed by atoms with E-state index in [0.29, 0.717) is 18.1 Å². The number of carbonyl (C=O) groups is 1. The topological polar surface area (TPSA) is 38.8 Å². The Morgan fingerprint density at radius 1 is 1.08 bits per heavy atom. The monoisotopic (exact) mass is 325 g/mol. The molecule has 0 bridgehead atoms. The van der Waals surface area contributed by atoms with E-state index in [-0.39, 0.29) is 5.91 Å². The number of likely N-dealkylation sites (N-methyl/N-ethyl adjacent to an activating group) is 1. The lowest BCUT2D eigenvalue weighted by molar-refractivity contribution is -0.123. The van der Waals surface area contributed by atoms with Crippen LogP contribution in [0.5, 0.6) is 11.5 Å². The predicted octanol–water partition coefficient (Wildman–Crippen LogP) is 3.42. The van der Waals surface area contributed by atoms with Crippen LogP contribution in [0.1, 0.15) is 11.1 Å². The van der Waals surface area contributed by atoms with Crippen LogP contribution < -0.4 is 9.47 Å². The molecule has 2 rings (SSSR count). The Balaban J connectivity index is 1.99. The van der Waals surface area contributed by atoms with Crippen molar-refractivity contribution in [3.63, 3.8) is 0 Å². The van der Waals surface area contributed by atoms with E-state index in [0.717, 1.165) is 12.0 Å². The number of hydrogen-bond acceptors (Lipinski definition) is 3. The van der Waals surface area contributed by atoms with Crippen molar-refractivity contribution < 1.29 is 14.3 Å². The second-order valence-corrected chi connectivity index (χ2v) is 5.56. The van der Waals surface area contributed by atoms with Crippen molar-refractivity contribution >= 4 is 12.0 Å². The van der Waals surface area contributed by atoms with E-state index in [1.54, 1.807) is 27.3 Å². The quantitative estimate of drug-likeness (QED) is 0.732. The highest BCUT2D eigenvalue weighted by molar-refractivity contribution is 5.91. The van der Waals surface area contributed by atoms with Crippen molar-refractivity contribution in [3.8, 4) is 11.5 Å². The zero-order valence-corrected chi connectivity index (χ0v) is 14.4. The van der Waals surface area contributed by atoms with Crippen LogP contribution >= 0.6 is 0 Å². The molecule has 0 radical (unpaired) electrons. The van der Waals surface area contributed by atoms with Gasteiger partial charge in [0.2, 0.25) is 5.91 Å². The van der Waals surface area contributed by atoms with Crippen LogP contribution in [0.4, 0.5) is 0 Å². The number of rotatable bonds is 7. The number of amides is 1. The number of hydrogen-bond donors (Lipinski definition) is 0. The molecule has 0 aliphatic rings. The Morgan fingerprint density at radius 3 is 2.50 bits per heavy atom. The van der Waals surface area contributed by atoms with Crippen molar-refractivity contribution in [1.82, 2.24) is 4.90 Å². The molecule has 0 atom stereocenters. The zero-order valence-electron chi connectivity index (χ0n) is 14.4. The molecule has 24 heavy (non-hydrogen) atoms. The fourth-order valence-electron chi connectivity index (χ4n) is 2.15. The highest BCUT2D eigenvalue weighted by atomic mass is 16.5. The molecule has 0 aliphatic heterocycles. The molecule has 0 aromatic heterocycles. The molecular weight excluding hydrogens is 302 g/mol. The van der Waals surface area contributed by atoms with Crippen molar-refractivity contribution in [3.05, 3.63) is 65.7 Å². The minimum Gasteiger partial charge on any atom is -0.493 e. The number of methoxy groups -OCH3 is 1. The standard InChI is InChI=1S/C20H23NO3/c1-21(2)20(22)12-10-17-9-11-18(19(15-17)23-3)24-14-13-16-7-5-4-6-8-16/h4-12,15H,13-14H2,1-3H3/b12-10+. The maximum Gasteiger partial charge on any atom is 0.246 e. The van der Waals surface area contributed by atoms with Gasteiger partial charge in [0.1, 0.15) is 0 Å². The van der Waals surface area contributed by atoms with Crippen molar-refractivity contribution in [1.29, 1.82) is 0 Å². The van der Waals surface area contributed by atoms with Crippen molar-refractivity contribution in [2.24, 2.45) is 0 Å². The van der Waals surface area contributed by atoms with Crippen molar-refractivity contribution in [2.45, 2.75) is 6.42 Å². The zero-order chi connectivity index (χ0) is 17.4. The predicted molar refractivity (Wildman–Crippen MR) is 96.4 cm³/mol. The van der Waals surface area contributed by atoms with Gasteiger partial charge in [-0.15, -0.1) is 0 Å². The Kier molecular flexibility index (Phi) is 6.43. The summed E-state index contributed by atoms with van der Waals surface area (Å²) in [6.07, 6.45) is 4.13. The van der Waals surface area contributed by atoms with Gasteiger partial charge in [-0.1, -0.05) is 36.4 Å². The summed E-state index contributed by atoms with van der Waals surface area (Å²) in [6, 6.07) is 15.8. The molecule has 0 N–H and O–H groups in total. The molecule has 2 aromatic carbocycles. The van der Waals surface area contributed by atoms with E-state index >= 15 is 0 Å². The fraction of sp³-hybridized carbons (Fsp3) is 0.250. The molecule has 2 aromatic rings. The first-order chi connectivity index (χ1) is 11.6. The third kappa shape index (κ3) is 5.16. The Labute approximate surface area is 143 Å². The molecule has 4 heteroatoms. The van der Waals surface area contributed by atoms with E-state index < -0.39 is 0 Å². The molecule has 0 saturated carbocycles. The van der Waals surface area contributed by atoms with Gasteiger partial charge in [0.05, 0.1) is 13.7 Å². The van der Waals surface area contributed by atoms with Gasteiger partial charge in [-0.3, -0.25) is 4.79 Å². The van der Waals surface area contributed by atoms with Crippen LogP contribution in [0.15, 0.2) is 54.6 Å². The second-order valence-electron chi connectivity index (χ2n) is 5.56. The van der Waals surface area contributed by atoms with Crippen LogP contribution in [-0.4, -0.2) is 38.6 Å². The summed E-state index contributed by atoms with van der Waals surface area (Å²) in [7, 11) is 5.05. The molecular formula is C20H23NO3. The van der Waals surface area contributed by atoms with E-state index in [2.05, 4.69) is 12.1 Å². The average Bonchev–Trinajstić information content (AvgIpc) is 2.61. The largest absolute Gasteiger partial charge is 0.493 e. The normalized spacial score (nSPS) is 10.6. The second kappa shape index (κ2) is 8.77. The molecule has 1 amide bonds. The van der Waals surface area contributed by atoms with Crippen LogP contribution in [-0.2, 0) is 11.2 Å². The number of benzene rings is 2. The molecule has 126 valence electrons. The Morgan fingerprint density at radius 2 is 1.83 bits per heavy atom. The van der Waals surface area contributed by atoms with Crippen LogP contribution in [0, 0.1) is 0 Å². The average molecular weight is 325 g/mol. The maximum atomic E-state index is 11.6.